The Morgan fingerprint density at radius 1 is 1.47 bits per heavy atom. The Morgan fingerprint density at radius 2 is 2.29 bits per heavy atom. The van der Waals surface area contributed by atoms with Crippen LogP contribution in [0.4, 0.5) is 0 Å². The molecule has 1 heterocycles. The van der Waals surface area contributed by atoms with E-state index in [2.05, 4.69) is 5.16 Å². The van der Waals surface area contributed by atoms with Crippen LogP contribution in [0.5, 0.6) is 5.75 Å². The molecular weight excluding hydrogens is 218 g/mol. The summed E-state index contributed by atoms with van der Waals surface area (Å²) in [4.78, 5) is 0. The van der Waals surface area contributed by atoms with Gasteiger partial charge in [0.05, 0.1) is 12.3 Å². The van der Waals surface area contributed by atoms with Gasteiger partial charge in [0.2, 0.25) is 0 Å². The second-order valence-corrected chi connectivity index (χ2v) is 4.04. The monoisotopic (exact) mass is 233 g/mol. The molecule has 4 heteroatoms. The summed E-state index contributed by atoms with van der Waals surface area (Å²) in [6.45, 7) is 4.09. The van der Waals surface area contributed by atoms with E-state index in [1.54, 1.807) is 13.1 Å². The summed E-state index contributed by atoms with van der Waals surface area (Å²) in [6, 6.07) is 5.74. The number of hydrogen-bond donors (Lipinski definition) is 1. The van der Waals surface area contributed by atoms with Crippen LogP contribution in [0, 0.1) is 6.92 Å². The minimum absolute atomic E-state index is 0.382. The van der Waals surface area contributed by atoms with Crippen molar-refractivity contribution in [1.82, 2.24) is 5.16 Å². The van der Waals surface area contributed by atoms with E-state index in [0.717, 1.165) is 16.7 Å². The number of ether oxygens (including phenoxy) is 1. The van der Waals surface area contributed by atoms with Crippen molar-refractivity contribution in [2.75, 3.05) is 0 Å². The summed E-state index contributed by atoms with van der Waals surface area (Å²) >= 11 is 0. The molecule has 0 spiro atoms. The Kier molecular flexibility index (Phi) is 3.44. The maximum Gasteiger partial charge on any atom is 0.130 e. The largest absolute Gasteiger partial charge is 0.488 e. The number of aromatic nitrogens is 1. The molecule has 0 aliphatic heterocycles. The highest BCUT2D eigenvalue weighted by atomic mass is 16.5. The fraction of sp³-hybridized carbons (Fsp3) is 0.308. The van der Waals surface area contributed by atoms with Crippen molar-refractivity contribution < 1.29 is 14.4 Å². The van der Waals surface area contributed by atoms with Crippen molar-refractivity contribution in [3.05, 3.63) is 47.3 Å². The van der Waals surface area contributed by atoms with Crippen LogP contribution in [-0.2, 0) is 6.61 Å². The summed E-state index contributed by atoms with van der Waals surface area (Å²) < 4.78 is 10.4. The van der Waals surface area contributed by atoms with Crippen LogP contribution in [0.3, 0.4) is 0 Å². The fourth-order valence-corrected chi connectivity index (χ4v) is 1.57. The van der Waals surface area contributed by atoms with Crippen molar-refractivity contribution in [2.24, 2.45) is 0 Å². The Morgan fingerprint density at radius 3 is 2.94 bits per heavy atom. The molecule has 1 atom stereocenters. The standard InChI is InChI=1S/C13H15NO3/c1-9-3-4-12(10(2)15)13(5-9)16-7-11-6-14-17-8-11/h3-6,8,10,15H,7H2,1-2H3/t10-/m1/s1. The number of benzene rings is 1. The van der Waals surface area contributed by atoms with Gasteiger partial charge in [-0.25, -0.2) is 0 Å². The first kappa shape index (κ1) is 11.7. The van der Waals surface area contributed by atoms with Gasteiger partial charge in [0.15, 0.2) is 0 Å². The summed E-state index contributed by atoms with van der Waals surface area (Å²) in [6.07, 6.45) is 2.60. The number of rotatable bonds is 4. The minimum atomic E-state index is -0.548. The zero-order valence-electron chi connectivity index (χ0n) is 9.88. The number of hydrogen-bond acceptors (Lipinski definition) is 4. The lowest BCUT2D eigenvalue weighted by molar-refractivity contribution is 0.190. The van der Waals surface area contributed by atoms with Crippen molar-refractivity contribution >= 4 is 0 Å². The van der Waals surface area contributed by atoms with Gasteiger partial charge in [-0.05, 0) is 25.5 Å². The quantitative estimate of drug-likeness (QED) is 0.881. The number of aryl methyl sites for hydroxylation is 1. The third-order valence-electron chi connectivity index (χ3n) is 2.50. The van der Waals surface area contributed by atoms with Crippen LogP contribution in [0.1, 0.15) is 29.7 Å². The zero-order valence-corrected chi connectivity index (χ0v) is 9.88. The Balaban J connectivity index is 2.16. The van der Waals surface area contributed by atoms with Crippen molar-refractivity contribution in [3.8, 4) is 5.75 Å². The van der Waals surface area contributed by atoms with Crippen LogP contribution in [0.15, 0.2) is 35.2 Å². The molecule has 17 heavy (non-hydrogen) atoms. The molecule has 0 aliphatic rings. The average molecular weight is 233 g/mol. The molecule has 0 fully saturated rings. The van der Waals surface area contributed by atoms with Gasteiger partial charge in [-0.15, -0.1) is 0 Å². The van der Waals surface area contributed by atoms with E-state index in [1.807, 2.05) is 25.1 Å². The van der Waals surface area contributed by atoms with Gasteiger partial charge in [0.25, 0.3) is 0 Å². The van der Waals surface area contributed by atoms with Gasteiger partial charge < -0.3 is 14.4 Å². The molecule has 0 aliphatic carbocycles. The second-order valence-electron chi connectivity index (χ2n) is 4.04. The highest BCUT2D eigenvalue weighted by Crippen LogP contribution is 2.26. The SMILES string of the molecule is Cc1ccc([C@@H](C)O)c(OCc2cnoc2)c1. The van der Waals surface area contributed by atoms with Gasteiger partial charge in [-0.1, -0.05) is 17.3 Å². The van der Waals surface area contributed by atoms with Gasteiger partial charge in [0, 0.05) is 11.1 Å². The van der Waals surface area contributed by atoms with Gasteiger partial charge in [-0.2, -0.15) is 0 Å². The number of nitrogens with zero attached hydrogens (tertiary/aromatic N) is 1. The van der Waals surface area contributed by atoms with E-state index in [9.17, 15) is 5.11 Å². The second kappa shape index (κ2) is 5.01. The van der Waals surface area contributed by atoms with E-state index < -0.39 is 6.10 Å². The topological polar surface area (TPSA) is 55.5 Å². The van der Waals surface area contributed by atoms with Crippen LogP contribution < -0.4 is 4.74 Å². The van der Waals surface area contributed by atoms with Crippen LogP contribution in [-0.4, -0.2) is 10.3 Å². The molecule has 0 saturated carbocycles. The van der Waals surface area contributed by atoms with Gasteiger partial charge in [0.1, 0.15) is 18.6 Å². The first-order chi connectivity index (χ1) is 8.16. The van der Waals surface area contributed by atoms with E-state index >= 15 is 0 Å². The lowest BCUT2D eigenvalue weighted by atomic mass is 10.1. The Bertz CT molecular complexity index is 477. The van der Waals surface area contributed by atoms with Crippen molar-refractivity contribution in [2.45, 2.75) is 26.6 Å². The molecule has 1 aromatic carbocycles. The van der Waals surface area contributed by atoms with Crippen molar-refractivity contribution in [3.63, 3.8) is 0 Å². The molecule has 0 bridgehead atoms. The highest BCUT2D eigenvalue weighted by molar-refractivity contribution is 5.38. The van der Waals surface area contributed by atoms with Gasteiger partial charge >= 0.3 is 0 Å². The Labute approximate surface area is 99.8 Å². The van der Waals surface area contributed by atoms with E-state index in [1.165, 1.54) is 6.26 Å². The van der Waals surface area contributed by atoms with E-state index in [-0.39, 0.29) is 0 Å². The van der Waals surface area contributed by atoms with Crippen LogP contribution in [0.25, 0.3) is 0 Å². The lowest BCUT2D eigenvalue weighted by Gasteiger charge is -2.13. The zero-order chi connectivity index (χ0) is 12.3. The predicted octanol–water partition coefficient (Wildman–Crippen LogP) is 2.62. The third kappa shape index (κ3) is 2.85. The minimum Gasteiger partial charge on any atom is -0.488 e. The Hall–Kier alpha value is -1.81. The molecule has 2 rings (SSSR count). The summed E-state index contributed by atoms with van der Waals surface area (Å²) in [5, 5.41) is 13.2. The normalized spacial score (nSPS) is 12.4. The van der Waals surface area contributed by atoms with Gasteiger partial charge in [-0.3, -0.25) is 0 Å². The third-order valence-corrected chi connectivity index (χ3v) is 2.50. The van der Waals surface area contributed by atoms with Crippen molar-refractivity contribution in [1.29, 1.82) is 0 Å². The first-order valence-corrected chi connectivity index (χ1v) is 5.46. The summed E-state index contributed by atoms with van der Waals surface area (Å²) in [7, 11) is 0. The molecule has 1 N–H and O–H groups in total. The smallest absolute Gasteiger partial charge is 0.130 e. The molecular formula is C13H15NO3. The maximum atomic E-state index is 9.64. The molecule has 0 radical (unpaired) electrons. The van der Waals surface area contributed by atoms with E-state index in [0.29, 0.717) is 12.4 Å². The fourth-order valence-electron chi connectivity index (χ4n) is 1.57. The number of aliphatic hydroxyl groups excluding tert-OH is 1. The maximum absolute atomic E-state index is 9.64. The summed E-state index contributed by atoms with van der Waals surface area (Å²) in [5.74, 6) is 0.696. The van der Waals surface area contributed by atoms with E-state index in [4.69, 9.17) is 9.26 Å². The summed E-state index contributed by atoms with van der Waals surface area (Å²) in [5.41, 5.74) is 2.74. The number of aliphatic hydroxyl groups is 1. The molecule has 90 valence electrons. The lowest BCUT2D eigenvalue weighted by Crippen LogP contribution is -2.00. The van der Waals surface area contributed by atoms with Crippen LogP contribution in [0.2, 0.25) is 0 Å². The average Bonchev–Trinajstić information content (AvgIpc) is 2.78. The molecule has 2 aromatic rings. The van der Waals surface area contributed by atoms with Crippen LogP contribution >= 0.6 is 0 Å². The molecule has 0 unspecified atom stereocenters. The molecule has 1 aromatic heterocycles. The molecule has 0 amide bonds. The molecule has 4 nitrogen and oxygen atoms in total. The molecule has 0 saturated heterocycles. The predicted molar refractivity (Wildman–Crippen MR) is 62.6 cm³/mol. The first-order valence-electron chi connectivity index (χ1n) is 5.46. The highest BCUT2D eigenvalue weighted by Gasteiger charge is 2.09.